The maximum atomic E-state index is 11.6. The van der Waals surface area contributed by atoms with Gasteiger partial charge in [-0.3, -0.25) is 4.90 Å². The predicted octanol–water partition coefficient (Wildman–Crippen LogP) is -0.533. The molecular weight excluding hydrogens is 226 g/mol. The second-order valence-corrected chi connectivity index (χ2v) is 6.58. The molecule has 96 valence electrons. The zero-order chi connectivity index (χ0) is 12.0. The van der Waals surface area contributed by atoms with Crippen LogP contribution in [0.1, 0.15) is 13.8 Å². The van der Waals surface area contributed by atoms with Crippen molar-refractivity contribution >= 4 is 10.0 Å². The summed E-state index contributed by atoms with van der Waals surface area (Å²) < 4.78 is 25.9. The fraction of sp³-hybridized carbons (Fsp3) is 1.00. The van der Waals surface area contributed by atoms with Gasteiger partial charge in [0.05, 0.1) is 5.75 Å². The number of nitrogens with one attached hydrogen (secondary N) is 2. The molecule has 0 radical (unpaired) electrons. The number of rotatable bonds is 6. The van der Waals surface area contributed by atoms with E-state index in [0.717, 1.165) is 26.2 Å². The number of hydrogen-bond acceptors (Lipinski definition) is 4. The van der Waals surface area contributed by atoms with Crippen molar-refractivity contribution < 1.29 is 8.42 Å². The Labute approximate surface area is 98.6 Å². The van der Waals surface area contributed by atoms with Gasteiger partial charge in [0.2, 0.25) is 10.0 Å². The van der Waals surface area contributed by atoms with Gasteiger partial charge in [0, 0.05) is 39.3 Å². The Bertz CT molecular complexity index is 284. The molecule has 2 N–H and O–H groups in total. The van der Waals surface area contributed by atoms with E-state index in [0.29, 0.717) is 19.0 Å². The highest BCUT2D eigenvalue weighted by atomic mass is 32.2. The molecule has 0 amide bonds. The maximum Gasteiger partial charge on any atom is 0.212 e. The second-order valence-electron chi connectivity index (χ2n) is 4.65. The Morgan fingerprint density at radius 2 is 1.94 bits per heavy atom. The highest BCUT2D eigenvalue weighted by Gasteiger charge is 2.15. The van der Waals surface area contributed by atoms with Gasteiger partial charge in [-0.05, 0) is 5.92 Å². The number of piperazine rings is 1. The van der Waals surface area contributed by atoms with Crippen molar-refractivity contribution in [1.82, 2.24) is 14.9 Å². The van der Waals surface area contributed by atoms with Crippen molar-refractivity contribution in [3.8, 4) is 0 Å². The molecule has 16 heavy (non-hydrogen) atoms. The Kier molecular flexibility index (Phi) is 5.68. The minimum absolute atomic E-state index is 0.208. The molecule has 1 rings (SSSR count). The third-order valence-corrected chi connectivity index (χ3v) is 3.92. The Hall–Kier alpha value is -0.170. The van der Waals surface area contributed by atoms with Crippen LogP contribution in [0.25, 0.3) is 0 Å². The van der Waals surface area contributed by atoms with Crippen LogP contribution in [0.15, 0.2) is 0 Å². The summed E-state index contributed by atoms with van der Waals surface area (Å²) in [7, 11) is -3.09. The third-order valence-electron chi connectivity index (χ3n) is 2.60. The van der Waals surface area contributed by atoms with Gasteiger partial charge in [-0.15, -0.1) is 0 Å². The van der Waals surface area contributed by atoms with Gasteiger partial charge in [0.25, 0.3) is 0 Å². The third kappa shape index (κ3) is 5.79. The largest absolute Gasteiger partial charge is 0.314 e. The number of hydrogen-bond donors (Lipinski definition) is 2. The van der Waals surface area contributed by atoms with Crippen LogP contribution >= 0.6 is 0 Å². The lowest BCUT2D eigenvalue weighted by atomic mass is 10.2. The van der Waals surface area contributed by atoms with Crippen LogP contribution in [-0.2, 0) is 10.0 Å². The van der Waals surface area contributed by atoms with Crippen molar-refractivity contribution in [2.75, 3.05) is 45.0 Å². The molecule has 0 aromatic rings. The standard InChI is InChI=1S/C10H23N3O2S/c1-10(2)9-12-16(14,15)8-7-13-5-3-11-4-6-13/h10-12H,3-9H2,1-2H3. The van der Waals surface area contributed by atoms with Crippen molar-refractivity contribution in [2.24, 2.45) is 5.92 Å². The first kappa shape index (κ1) is 13.9. The average Bonchev–Trinajstić information content (AvgIpc) is 2.26. The van der Waals surface area contributed by atoms with Crippen LogP contribution in [0.2, 0.25) is 0 Å². The van der Waals surface area contributed by atoms with Gasteiger partial charge in [0.1, 0.15) is 0 Å². The summed E-state index contributed by atoms with van der Waals surface area (Å²) in [6.07, 6.45) is 0. The normalized spacial score (nSPS) is 19.2. The van der Waals surface area contributed by atoms with Crippen molar-refractivity contribution in [3.05, 3.63) is 0 Å². The molecule has 1 fully saturated rings. The summed E-state index contributed by atoms with van der Waals surface area (Å²) >= 11 is 0. The number of sulfonamides is 1. The van der Waals surface area contributed by atoms with Gasteiger partial charge in [0.15, 0.2) is 0 Å². The topological polar surface area (TPSA) is 61.4 Å². The van der Waals surface area contributed by atoms with E-state index in [1.165, 1.54) is 0 Å². The summed E-state index contributed by atoms with van der Waals surface area (Å²) in [5.74, 6) is 0.564. The summed E-state index contributed by atoms with van der Waals surface area (Å²) in [6, 6.07) is 0. The lowest BCUT2D eigenvalue weighted by Gasteiger charge is -2.26. The van der Waals surface area contributed by atoms with Gasteiger partial charge in [-0.25, -0.2) is 13.1 Å². The lowest BCUT2D eigenvalue weighted by Crippen LogP contribution is -2.46. The van der Waals surface area contributed by atoms with E-state index in [1.807, 2.05) is 13.8 Å². The minimum Gasteiger partial charge on any atom is -0.314 e. The molecule has 0 bridgehead atoms. The van der Waals surface area contributed by atoms with Crippen LogP contribution in [0.3, 0.4) is 0 Å². The van der Waals surface area contributed by atoms with Gasteiger partial charge >= 0.3 is 0 Å². The second kappa shape index (κ2) is 6.54. The van der Waals surface area contributed by atoms with Gasteiger partial charge in [-0.2, -0.15) is 0 Å². The van der Waals surface area contributed by atoms with E-state index >= 15 is 0 Å². The Morgan fingerprint density at radius 1 is 1.31 bits per heavy atom. The molecule has 0 aliphatic carbocycles. The molecule has 6 heteroatoms. The van der Waals surface area contributed by atoms with E-state index in [2.05, 4.69) is 14.9 Å². The molecule has 0 atom stereocenters. The predicted molar refractivity (Wildman–Crippen MR) is 65.9 cm³/mol. The molecule has 5 nitrogen and oxygen atoms in total. The first-order chi connectivity index (χ1) is 7.49. The summed E-state index contributed by atoms with van der Waals surface area (Å²) in [6.45, 7) is 8.97. The maximum absolute atomic E-state index is 11.6. The van der Waals surface area contributed by atoms with Crippen LogP contribution in [0, 0.1) is 5.92 Å². The van der Waals surface area contributed by atoms with Crippen LogP contribution in [-0.4, -0.2) is 58.3 Å². The lowest BCUT2D eigenvalue weighted by molar-refractivity contribution is 0.253. The van der Waals surface area contributed by atoms with Crippen molar-refractivity contribution in [1.29, 1.82) is 0 Å². The van der Waals surface area contributed by atoms with Gasteiger partial charge in [-0.1, -0.05) is 13.8 Å². The SMILES string of the molecule is CC(C)CNS(=O)(=O)CCN1CCNCC1. The molecule has 0 aromatic carbocycles. The molecule has 0 unspecified atom stereocenters. The van der Waals surface area contributed by atoms with Crippen molar-refractivity contribution in [3.63, 3.8) is 0 Å². The zero-order valence-electron chi connectivity index (χ0n) is 10.2. The molecule has 1 aliphatic rings. The first-order valence-electron chi connectivity index (χ1n) is 5.90. The first-order valence-corrected chi connectivity index (χ1v) is 7.55. The zero-order valence-corrected chi connectivity index (χ0v) is 11.0. The quantitative estimate of drug-likeness (QED) is 0.664. The van der Waals surface area contributed by atoms with Crippen LogP contribution in [0.5, 0.6) is 0 Å². The van der Waals surface area contributed by atoms with Crippen LogP contribution < -0.4 is 10.0 Å². The van der Waals surface area contributed by atoms with Crippen LogP contribution in [0.4, 0.5) is 0 Å². The average molecular weight is 249 g/mol. The monoisotopic (exact) mass is 249 g/mol. The van der Waals surface area contributed by atoms with E-state index in [-0.39, 0.29) is 5.75 Å². The fourth-order valence-corrected chi connectivity index (χ4v) is 2.78. The van der Waals surface area contributed by atoms with Crippen molar-refractivity contribution in [2.45, 2.75) is 13.8 Å². The summed E-state index contributed by atoms with van der Waals surface area (Å²) in [5, 5.41) is 3.25. The highest BCUT2D eigenvalue weighted by Crippen LogP contribution is 1.95. The molecule has 0 saturated carbocycles. The molecule has 1 heterocycles. The number of nitrogens with zero attached hydrogens (tertiary/aromatic N) is 1. The molecular formula is C10H23N3O2S. The Balaban J connectivity index is 2.24. The fourth-order valence-electron chi connectivity index (χ4n) is 1.55. The van der Waals surface area contributed by atoms with E-state index < -0.39 is 10.0 Å². The van der Waals surface area contributed by atoms with E-state index in [1.54, 1.807) is 0 Å². The molecule has 1 aliphatic heterocycles. The highest BCUT2D eigenvalue weighted by molar-refractivity contribution is 7.89. The Morgan fingerprint density at radius 3 is 2.50 bits per heavy atom. The van der Waals surface area contributed by atoms with Gasteiger partial charge < -0.3 is 5.32 Å². The molecule has 1 saturated heterocycles. The minimum atomic E-state index is -3.09. The van der Waals surface area contributed by atoms with E-state index in [9.17, 15) is 8.42 Å². The smallest absolute Gasteiger partial charge is 0.212 e. The summed E-state index contributed by atoms with van der Waals surface area (Å²) in [4.78, 5) is 2.19. The van der Waals surface area contributed by atoms with E-state index in [4.69, 9.17) is 0 Å². The summed E-state index contributed by atoms with van der Waals surface area (Å²) in [5.41, 5.74) is 0. The molecule has 0 spiro atoms. The molecule has 0 aromatic heterocycles.